The Morgan fingerprint density at radius 2 is 2.31 bits per heavy atom. The van der Waals surface area contributed by atoms with Gasteiger partial charge >= 0.3 is 0 Å². The van der Waals surface area contributed by atoms with Gasteiger partial charge in [-0.2, -0.15) is 11.8 Å². The van der Waals surface area contributed by atoms with Crippen LogP contribution in [0.5, 0.6) is 0 Å². The van der Waals surface area contributed by atoms with Crippen LogP contribution in [0.25, 0.3) is 0 Å². The highest BCUT2D eigenvalue weighted by atomic mass is 32.2. The Morgan fingerprint density at radius 1 is 1.46 bits per heavy atom. The maximum absolute atomic E-state index is 6.10. The quantitative estimate of drug-likeness (QED) is 0.685. The molecule has 1 heterocycles. The van der Waals surface area contributed by atoms with Crippen molar-refractivity contribution in [3.8, 4) is 0 Å². The lowest BCUT2D eigenvalue weighted by Crippen LogP contribution is -2.11. The molecule has 0 spiro atoms. The van der Waals surface area contributed by atoms with E-state index in [0.717, 1.165) is 12.2 Å². The van der Waals surface area contributed by atoms with E-state index in [9.17, 15) is 0 Å². The average Bonchev–Trinajstić information content (AvgIpc) is 2.29. The molecule has 13 heavy (non-hydrogen) atoms. The third-order valence-electron chi connectivity index (χ3n) is 2.53. The summed E-state index contributed by atoms with van der Waals surface area (Å²) in [5.74, 6) is 2.32. The Balaban J connectivity index is 2.43. The molecule has 2 rings (SSSR count). The summed E-state index contributed by atoms with van der Waals surface area (Å²) in [6.45, 7) is 2.13. The summed E-state index contributed by atoms with van der Waals surface area (Å²) in [6, 6.07) is 6.90. The summed E-state index contributed by atoms with van der Waals surface area (Å²) in [4.78, 5) is 0. The number of fused-ring (bicyclic) bond motifs is 1. The largest absolute Gasteiger partial charge is 0.324 e. The number of nitrogens with two attached hydrogens (primary N) is 1. The first-order valence-corrected chi connectivity index (χ1v) is 5.85. The van der Waals surface area contributed by atoms with Gasteiger partial charge in [-0.3, -0.25) is 0 Å². The first-order chi connectivity index (χ1) is 6.27. The van der Waals surface area contributed by atoms with Crippen LogP contribution in [0, 0.1) is 6.92 Å². The molecule has 1 atom stereocenters. The van der Waals surface area contributed by atoms with Gasteiger partial charge in [0.25, 0.3) is 0 Å². The number of aryl methyl sites for hydroxylation is 1. The van der Waals surface area contributed by atoms with Gasteiger partial charge in [-0.1, -0.05) is 23.8 Å². The van der Waals surface area contributed by atoms with Crippen molar-refractivity contribution in [2.24, 2.45) is 5.73 Å². The lowest BCUT2D eigenvalue weighted by atomic mass is 9.98. The normalized spacial score (nSPS) is 22.2. The zero-order valence-electron chi connectivity index (χ0n) is 7.92. The molecule has 2 N–H and O–H groups in total. The maximum atomic E-state index is 6.10. The smallest absolute Gasteiger partial charge is 0.0305 e. The van der Waals surface area contributed by atoms with Gasteiger partial charge in [-0.05, 0) is 30.2 Å². The molecule has 1 aliphatic rings. The SMILES string of the molecule is Cc1ccc2c(c1)C(N)CCSC2. The fourth-order valence-corrected chi connectivity index (χ4v) is 2.79. The minimum absolute atomic E-state index is 0.255. The monoisotopic (exact) mass is 193 g/mol. The molecule has 0 aliphatic carbocycles. The minimum Gasteiger partial charge on any atom is -0.324 e. The van der Waals surface area contributed by atoms with Gasteiger partial charge in [0.2, 0.25) is 0 Å². The first-order valence-electron chi connectivity index (χ1n) is 4.70. The molecular weight excluding hydrogens is 178 g/mol. The van der Waals surface area contributed by atoms with Gasteiger partial charge in [0.1, 0.15) is 0 Å². The molecule has 0 saturated heterocycles. The molecule has 1 aliphatic heterocycles. The standard InChI is InChI=1S/C11H15NS/c1-8-2-3-9-7-13-5-4-11(12)10(9)6-8/h2-3,6,11H,4-5,7,12H2,1H3. The Morgan fingerprint density at radius 3 is 3.15 bits per heavy atom. The highest BCUT2D eigenvalue weighted by Gasteiger charge is 2.14. The van der Waals surface area contributed by atoms with E-state index < -0.39 is 0 Å². The van der Waals surface area contributed by atoms with Crippen molar-refractivity contribution in [2.75, 3.05) is 5.75 Å². The molecule has 1 aromatic carbocycles. The van der Waals surface area contributed by atoms with Gasteiger partial charge < -0.3 is 5.73 Å². The second-order valence-electron chi connectivity index (χ2n) is 3.65. The predicted octanol–water partition coefficient (Wildman–Crippen LogP) is 2.63. The van der Waals surface area contributed by atoms with E-state index in [-0.39, 0.29) is 6.04 Å². The molecule has 0 fully saturated rings. The van der Waals surface area contributed by atoms with Crippen molar-refractivity contribution in [3.05, 3.63) is 34.9 Å². The van der Waals surface area contributed by atoms with E-state index >= 15 is 0 Å². The van der Waals surface area contributed by atoms with Crippen molar-refractivity contribution < 1.29 is 0 Å². The van der Waals surface area contributed by atoms with Crippen molar-refractivity contribution in [3.63, 3.8) is 0 Å². The molecule has 70 valence electrons. The van der Waals surface area contributed by atoms with Crippen LogP contribution < -0.4 is 5.73 Å². The van der Waals surface area contributed by atoms with E-state index in [0.29, 0.717) is 0 Å². The number of thioether (sulfide) groups is 1. The van der Waals surface area contributed by atoms with Crippen molar-refractivity contribution in [1.29, 1.82) is 0 Å². The van der Waals surface area contributed by atoms with Crippen LogP contribution in [-0.4, -0.2) is 5.75 Å². The summed E-state index contributed by atoms with van der Waals surface area (Å²) in [5, 5.41) is 0. The van der Waals surface area contributed by atoms with Gasteiger partial charge in [0.05, 0.1) is 0 Å². The van der Waals surface area contributed by atoms with Crippen LogP contribution in [0.4, 0.5) is 0 Å². The van der Waals surface area contributed by atoms with Crippen LogP contribution in [0.3, 0.4) is 0 Å². The van der Waals surface area contributed by atoms with Crippen LogP contribution in [0.15, 0.2) is 18.2 Å². The van der Waals surface area contributed by atoms with Gasteiger partial charge in [-0.25, -0.2) is 0 Å². The van der Waals surface area contributed by atoms with Crippen LogP contribution in [0.2, 0.25) is 0 Å². The Hall–Kier alpha value is -0.470. The number of benzene rings is 1. The summed E-state index contributed by atoms with van der Waals surface area (Å²) in [6.07, 6.45) is 1.11. The van der Waals surface area contributed by atoms with E-state index in [1.807, 2.05) is 11.8 Å². The highest BCUT2D eigenvalue weighted by molar-refractivity contribution is 7.98. The zero-order chi connectivity index (χ0) is 9.26. The number of rotatable bonds is 0. The highest BCUT2D eigenvalue weighted by Crippen LogP contribution is 2.29. The third kappa shape index (κ3) is 1.89. The van der Waals surface area contributed by atoms with Crippen LogP contribution >= 0.6 is 11.8 Å². The summed E-state index contributed by atoms with van der Waals surface area (Å²) in [5.41, 5.74) is 10.2. The van der Waals surface area contributed by atoms with Gasteiger partial charge in [-0.15, -0.1) is 0 Å². The Bertz CT molecular complexity index is 309. The van der Waals surface area contributed by atoms with E-state index in [4.69, 9.17) is 5.73 Å². The topological polar surface area (TPSA) is 26.0 Å². The third-order valence-corrected chi connectivity index (χ3v) is 3.57. The fraction of sp³-hybridized carbons (Fsp3) is 0.455. The van der Waals surface area contributed by atoms with Gasteiger partial charge in [0.15, 0.2) is 0 Å². The summed E-state index contributed by atoms with van der Waals surface area (Å²) < 4.78 is 0. The molecule has 1 unspecified atom stereocenters. The second-order valence-corrected chi connectivity index (χ2v) is 4.76. The van der Waals surface area contributed by atoms with Crippen LogP contribution in [-0.2, 0) is 5.75 Å². The predicted molar refractivity (Wildman–Crippen MR) is 58.9 cm³/mol. The molecular formula is C11H15NS. The van der Waals surface area contributed by atoms with Crippen LogP contribution in [0.1, 0.15) is 29.2 Å². The van der Waals surface area contributed by atoms with Crippen molar-refractivity contribution >= 4 is 11.8 Å². The minimum atomic E-state index is 0.255. The van der Waals surface area contributed by atoms with E-state index in [1.54, 1.807) is 0 Å². The summed E-state index contributed by atoms with van der Waals surface area (Å²) >= 11 is 1.99. The lowest BCUT2D eigenvalue weighted by Gasteiger charge is -2.12. The Labute approximate surface area is 83.7 Å². The van der Waals surface area contributed by atoms with Gasteiger partial charge in [0, 0.05) is 11.8 Å². The lowest BCUT2D eigenvalue weighted by molar-refractivity contribution is 0.705. The van der Waals surface area contributed by atoms with E-state index in [2.05, 4.69) is 25.1 Å². The molecule has 0 saturated carbocycles. The first kappa shape index (κ1) is 9.10. The molecule has 0 amide bonds. The number of hydrogen-bond acceptors (Lipinski definition) is 2. The summed E-state index contributed by atoms with van der Waals surface area (Å²) in [7, 11) is 0. The molecule has 1 aromatic rings. The maximum Gasteiger partial charge on any atom is 0.0305 e. The molecule has 1 nitrogen and oxygen atoms in total. The molecule has 0 aromatic heterocycles. The van der Waals surface area contributed by atoms with E-state index in [1.165, 1.54) is 22.4 Å². The zero-order valence-corrected chi connectivity index (χ0v) is 8.73. The molecule has 0 bridgehead atoms. The second kappa shape index (κ2) is 3.72. The van der Waals surface area contributed by atoms with Crippen molar-refractivity contribution in [2.45, 2.75) is 25.1 Å². The fourth-order valence-electron chi connectivity index (χ4n) is 1.74. The number of hydrogen-bond donors (Lipinski definition) is 1. The Kier molecular flexibility index (Phi) is 2.61. The molecule has 0 radical (unpaired) electrons. The molecule has 2 heteroatoms. The average molecular weight is 193 g/mol. The van der Waals surface area contributed by atoms with Crippen molar-refractivity contribution in [1.82, 2.24) is 0 Å².